The summed E-state index contributed by atoms with van der Waals surface area (Å²) in [6.45, 7) is 1.33. The van der Waals surface area contributed by atoms with Gasteiger partial charge in [-0.15, -0.1) is 11.3 Å². The fourth-order valence-electron chi connectivity index (χ4n) is 6.12. The first kappa shape index (κ1) is 22.4. The van der Waals surface area contributed by atoms with Crippen LogP contribution in [0.25, 0.3) is 20.3 Å². The lowest BCUT2D eigenvalue weighted by atomic mass is 9.74. The van der Waals surface area contributed by atoms with Crippen LogP contribution < -0.4 is 26.2 Å². The van der Waals surface area contributed by atoms with Crippen molar-refractivity contribution in [3.05, 3.63) is 68.4 Å². The van der Waals surface area contributed by atoms with E-state index in [4.69, 9.17) is 4.74 Å². The number of thiophene rings is 1. The zero-order valence-electron chi connectivity index (χ0n) is 20.3. The van der Waals surface area contributed by atoms with Crippen molar-refractivity contribution in [3.8, 4) is 5.75 Å². The van der Waals surface area contributed by atoms with Gasteiger partial charge in [-0.1, -0.05) is 12.1 Å². The van der Waals surface area contributed by atoms with Gasteiger partial charge in [0, 0.05) is 54.9 Å². The van der Waals surface area contributed by atoms with E-state index in [-0.39, 0.29) is 17.3 Å². The van der Waals surface area contributed by atoms with Gasteiger partial charge in [-0.3, -0.25) is 9.36 Å². The highest BCUT2D eigenvalue weighted by Crippen LogP contribution is 2.44. The van der Waals surface area contributed by atoms with E-state index in [2.05, 4.69) is 22.4 Å². The van der Waals surface area contributed by atoms with E-state index >= 15 is 0 Å². The Kier molecular flexibility index (Phi) is 5.45. The molecule has 1 aliphatic heterocycles. The van der Waals surface area contributed by atoms with Gasteiger partial charge in [0.25, 0.3) is 5.56 Å². The Morgan fingerprint density at radius 2 is 2.06 bits per heavy atom. The Morgan fingerprint density at radius 1 is 1.20 bits per heavy atom. The van der Waals surface area contributed by atoms with Crippen LogP contribution in [0.4, 0.5) is 5.69 Å². The van der Waals surface area contributed by atoms with Gasteiger partial charge in [-0.25, -0.2) is 4.79 Å². The van der Waals surface area contributed by atoms with Crippen LogP contribution in [-0.4, -0.2) is 43.3 Å². The molecule has 6 rings (SSSR count). The van der Waals surface area contributed by atoms with Gasteiger partial charge in [0.2, 0.25) is 0 Å². The maximum atomic E-state index is 13.4. The summed E-state index contributed by atoms with van der Waals surface area (Å²) in [5, 5.41) is 4.62. The number of hydrogen-bond donors (Lipinski definition) is 2. The molecule has 2 aromatic carbocycles. The quantitative estimate of drug-likeness (QED) is 0.446. The molecule has 2 N–H and O–H groups in total. The minimum atomic E-state index is -0.328. The number of benzene rings is 2. The molecule has 8 heteroatoms. The number of aromatic nitrogens is 2. The molecule has 3 heterocycles. The van der Waals surface area contributed by atoms with Crippen molar-refractivity contribution in [1.29, 1.82) is 0 Å². The summed E-state index contributed by atoms with van der Waals surface area (Å²) in [5.74, 6) is 1.93. The summed E-state index contributed by atoms with van der Waals surface area (Å²) >= 11 is 1.45. The lowest BCUT2D eigenvalue weighted by Crippen LogP contribution is -2.38. The van der Waals surface area contributed by atoms with Gasteiger partial charge in [-0.2, -0.15) is 0 Å². The highest BCUT2D eigenvalue weighted by atomic mass is 32.1. The molecular formula is C27H30N4O3S. The molecule has 2 aliphatic rings. The van der Waals surface area contributed by atoms with Crippen LogP contribution in [0.2, 0.25) is 0 Å². The number of fused-ring (bicyclic) bond motifs is 6. The van der Waals surface area contributed by atoms with Gasteiger partial charge in [0.05, 0.1) is 12.6 Å². The first-order chi connectivity index (χ1) is 17.0. The van der Waals surface area contributed by atoms with Crippen molar-refractivity contribution < 1.29 is 4.74 Å². The number of aromatic amines is 1. The fourth-order valence-corrected chi connectivity index (χ4v) is 7.21. The van der Waals surface area contributed by atoms with E-state index in [0.29, 0.717) is 28.6 Å². The molecule has 4 aromatic rings. The second-order valence-corrected chi connectivity index (χ2v) is 11.0. The molecule has 7 nitrogen and oxygen atoms in total. The summed E-state index contributed by atoms with van der Waals surface area (Å²) in [5.41, 5.74) is 3.89. The molecule has 0 bridgehead atoms. The van der Waals surface area contributed by atoms with Crippen molar-refractivity contribution in [1.82, 2.24) is 14.9 Å². The third-order valence-electron chi connectivity index (χ3n) is 7.92. The largest absolute Gasteiger partial charge is 0.496 e. The number of nitrogens with one attached hydrogen (secondary N) is 2. The monoisotopic (exact) mass is 490 g/mol. The molecule has 35 heavy (non-hydrogen) atoms. The fraction of sp³-hybridized carbons (Fsp3) is 0.407. The van der Waals surface area contributed by atoms with Crippen molar-refractivity contribution in [3.63, 3.8) is 0 Å². The third-order valence-corrected chi connectivity index (χ3v) is 9.08. The smallest absolute Gasteiger partial charge is 0.328 e. The molecular weight excluding hydrogens is 460 g/mol. The summed E-state index contributed by atoms with van der Waals surface area (Å²) in [6.07, 6.45) is 2.84. The topological polar surface area (TPSA) is 79.4 Å². The number of H-pyrrole nitrogens is 1. The van der Waals surface area contributed by atoms with Crippen molar-refractivity contribution in [2.45, 2.75) is 37.8 Å². The summed E-state index contributed by atoms with van der Waals surface area (Å²) in [7, 11) is 5.70. The van der Waals surface area contributed by atoms with E-state index in [1.807, 2.05) is 43.3 Å². The predicted octanol–water partition coefficient (Wildman–Crippen LogP) is 3.69. The number of ether oxygens (including phenoxy) is 1. The number of rotatable bonds is 5. The van der Waals surface area contributed by atoms with E-state index in [1.165, 1.54) is 27.0 Å². The van der Waals surface area contributed by atoms with E-state index < -0.39 is 0 Å². The van der Waals surface area contributed by atoms with Crippen LogP contribution in [-0.2, 0) is 13.0 Å². The molecule has 1 aliphatic carbocycles. The van der Waals surface area contributed by atoms with Gasteiger partial charge >= 0.3 is 5.69 Å². The average molecular weight is 491 g/mol. The lowest BCUT2D eigenvalue weighted by Gasteiger charge is -2.31. The standard InChI is InChI=1S/C27H30N4O3S/c1-30(2)15-7-10-23-19(13-15)24-25(35-23)26(32)31(27(33)29-24)12-11-21-17-8-9-18-16(20(17)14-28-21)5-4-6-22(18)34-3/h4-7,10,13,17,20-21,28H,8-9,11-12,14H2,1-3H3,(H,29,33)/t17-,20+,21?/m1/s1. The van der Waals surface area contributed by atoms with E-state index in [1.54, 1.807) is 7.11 Å². The van der Waals surface area contributed by atoms with Crippen LogP contribution in [0, 0.1) is 5.92 Å². The zero-order chi connectivity index (χ0) is 24.3. The summed E-state index contributed by atoms with van der Waals surface area (Å²) in [4.78, 5) is 31.4. The predicted molar refractivity (Wildman–Crippen MR) is 142 cm³/mol. The van der Waals surface area contributed by atoms with E-state index in [9.17, 15) is 9.59 Å². The highest BCUT2D eigenvalue weighted by Gasteiger charge is 2.40. The molecule has 1 saturated heterocycles. The SMILES string of the molecule is COc1cccc2c1CC[C@H]1C(CCn3c(=O)[nH]c4c(sc5ccc(N(C)C)cc54)c3=O)NC[C@@H]21. The Labute approximate surface area is 207 Å². The second-order valence-electron chi connectivity index (χ2n) is 9.91. The Hall–Kier alpha value is -3.10. The Bertz CT molecular complexity index is 1550. The van der Waals surface area contributed by atoms with Gasteiger partial charge < -0.3 is 19.9 Å². The van der Waals surface area contributed by atoms with Crippen LogP contribution in [0.5, 0.6) is 5.75 Å². The van der Waals surface area contributed by atoms with Gasteiger partial charge in [-0.05, 0) is 60.6 Å². The molecule has 3 atom stereocenters. The number of methoxy groups -OCH3 is 1. The maximum absolute atomic E-state index is 13.4. The summed E-state index contributed by atoms with van der Waals surface area (Å²) < 4.78 is 8.61. The second kappa shape index (κ2) is 8.53. The first-order valence-electron chi connectivity index (χ1n) is 12.2. The third kappa shape index (κ3) is 3.58. The normalized spacial score (nSPS) is 21.3. The molecule has 0 spiro atoms. The van der Waals surface area contributed by atoms with Crippen molar-refractivity contribution >= 4 is 37.3 Å². The van der Waals surface area contributed by atoms with Crippen molar-refractivity contribution in [2.24, 2.45) is 5.92 Å². The minimum Gasteiger partial charge on any atom is -0.496 e. The first-order valence-corrected chi connectivity index (χ1v) is 13.0. The average Bonchev–Trinajstić information content (AvgIpc) is 3.44. The molecule has 0 saturated carbocycles. The van der Waals surface area contributed by atoms with Crippen molar-refractivity contribution in [2.75, 3.05) is 32.6 Å². The van der Waals surface area contributed by atoms with Crippen LogP contribution in [0.15, 0.2) is 46.0 Å². The minimum absolute atomic E-state index is 0.190. The number of anilines is 1. The van der Waals surface area contributed by atoms with Crippen LogP contribution >= 0.6 is 11.3 Å². The molecule has 182 valence electrons. The van der Waals surface area contributed by atoms with Gasteiger partial charge in [0.1, 0.15) is 10.4 Å². The maximum Gasteiger partial charge on any atom is 0.328 e. The van der Waals surface area contributed by atoms with Gasteiger partial charge in [0.15, 0.2) is 0 Å². The van der Waals surface area contributed by atoms with Crippen LogP contribution in [0.1, 0.15) is 29.9 Å². The summed E-state index contributed by atoms with van der Waals surface area (Å²) in [6, 6.07) is 12.7. The molecule has 1 fully saturated rings. The molecule has 0 radical (unpaired) electrons. The molecule has 0 amide bonds. The lowest BCUT2D eigenvalue weighted by molar-refractivity contribution is 0.337. The highest BCUT2D eigenvalue weighted by molar-refractivity contribution is 7.25. The Balaban J connectivity index is 1.27. The zero-order valence-corrected chi connectivity index (χ0v) is 21.1. The number of hydrogen-bond acceptors (Lipinski definition) is 6. The molecule has 2 aromatic heterocycles. The molecule has 1 unspecified atom stereocenters. The number of nitrogens with zero attached hydrogens (tertiary/aromatic N) is 2. The Morgan fingerprint density at radius 3 is 2.86 bits per heavy atom. The van der Waals surface area contributed by atoms with Crippen LogP contribution in [0.3, 0.4) is 0 Å². The van der Waals surface area contributed by atoms with E-state index in [0.717, 1.165) is 47.3 Å².